The summed E-state index contributed by atoms with van der Waals surface area (Å²) in [5.74, 6) is 0.241. The van der Waals surface area contributed by atoms with Gasteiger partial charge in [-0.05, 0) is 38.7 Å². The lowest BCUT2D eigenvalue weighted by Gasteiger charge is -2.40. The van der Waals surface area contributed by atoms with Gasteiger partial charge < -0.3 is 25.4 Å². The van der Waals surface area contributed by atoms with Crippen molar-refractivity contribution in [2.24, 2.45) is 5.92 Å². The van der Waals surface area contributed by atoms with Gasteiger partial charge in [-0.15, -0.1) is 0 Å². The van der Waals surface area contributed by atoms with E-state index in [2.05, 4.69) is 20.6 Å². The maximum Gasteiger partial charge on any atom is 0.433 e. The van der Waals surface area contributed by atoms with Crippen molar-refractivity contribution < 1.29 is 27.8 Å². The van der Waals surface area contributed by atoms with E-state index in [9.17, 15) is 23.1 Å². The van der Waals surface area contributed by atoms with Crippen LogP contribution in [0.25, 0.3) is 0 Å². The third kappa shape index (κ3) is 4.16. The molecule has 0 unspecified atom stereocenters. The number of rotatable bonds is 5. The van der Waals surface area contributed by atoms with Crippen molar-refractivity contribution in [3.63, 3.8) is 0 Å². The molecule has 3 N–H and O–H groups in total. The summed E-state index contributed by atoms with van der Waals surface area (Å²) in [6.45, 7) is 3.47. The van der Waals surface area contributed by atoms with Gasteiger partial charge in [-0.3, -0.25) is 4.79 Å². The summed E-state index contributed by atoms with van der Waals surface area (Å²) in [5, 5.41) is 16.5. The van der Waals surface area contributed by atoms with Crippen LogP contribution < -0.4 is 20.3 Å². The highest BCUT2D eigenvalue weighted by atomic mass is 19.4. The number of nitrogens with zero attached hydrogens (tertiary/aromatic N) is 3. The van der Waals surface area contributed by atoms with Crippen LogP contribution in [-0.2, 0) is 11.0 Å². The number of carbonyl (C=O) groups is 1. The molecule has 0 saturated heterocycles. The zero-order chi connectivity index (χ0) is 23.3. The van der Waals surface area contributed by atoms with Crippen LogP contribution in [0.15, 0.2) is 24.3 Å². The number of hydrogen-bond acceptors (Lipinski definition) is 7. The van der Waals surface area contributed by atoms with E-state index in [4.69, 9.17) is 4.74 Å². The van der Waals surface area contributed by atoms with E-state index in [1.807, 2.05) is 0 Å². The van der Waals surface area contributed by atoms with E-state index in [0.29, 0.717) is 22.9 Å². The zero-order valence-corrected chi connectivity index (χ0v) is 17.8. The first-order valence-electron chi connectivity index (χ1n) is 10.2. The highest BCUT2D eigenvalue weighted by Crippen LogP contribution is 2.39. The smallest absolute Gasteiger partial charge is 0.433 e. The first kappa shape index (κ1) is 22.1. The molecule has 1 fully saturated rings. The van der Waals surface area contributed by atoms with Crippen LogP contribution in [0.3, 0.4) is 0 Å². The van der Waals surface area contributed by atoms with Gasteiger partial charge in [0.2, 0.25) is 11.6 Å². The number of carbonyl (C=O) groups excluding carboxylic acids is 1. The summed E-state index contributed by atoms with van der Waals surface area (Å²) < 4.78 is 43.7. The van der Waals surface area contributed by atoms with Crippen LogP contribution >= 0.6 is 0 Å². The number of alkyl halides is 3. The Kier molecular flexibility index (Phi) is 5.40. The third-order valence-electron chi connectivity index (χ3n) is 5.93. The molecule has 0 spiro atoms. The number of pyridine rings is 2. The van der Waals surface area contributed by atoms with Crippen molar-refractivity contribution in [2.75, 3.05) is 29.2 Å². The highest BCUT2D eigenvalue weighted by molar-refractivity contribution is 6.05. The van der Waals surface area contributed by atoms with Crippen LogP contribution in [0.4, 0.5) is 30.4 Å². The Bertz CT molecular complexity index is 1040. The summed E-state index contributed by atoms with van der Waals surface area (Å²) in [6.07, 6.45) is -2.97. The summed E-state index contributed by atoms with van der Waals surface area (Å²) in [4.78, 5) is 21.6. The molecular weight excluding hydrogens is 427 g/mol. The third-order valence-corrected chi connectivity index (χ3v) is 5.93. The van der Waals surface area contributed by atoms with Crippen molar-refractivity contribution in [2.45, 2.75) is 44.6 Å². The lowest BCUT2D eigenvalue weighted by molar-refractivity contribution is -0.141. The molecule has 2 aromatic heterocycles. The number of ether oxygens (including phenoxy) is 1. The number of nitrogens with one attached hydrogen (secondary N) is 2. The summed E-state index contributed by atoms with van der Waals surface area (Å²) in [6, 6.07) is 5.50. The molecule has 1 amide bonds. The zero-order valence-electron chi connectivity index (χ0n) is 17.8. The van der Waals surface area contributed by atoms with E-state index < -0.39 is 23.5 Å². The molecule has 8 nitrogen and oxygen atoms in total. The number of aromatic nitrogens is 2. The van der Waals surface area contributed by atoms with Crippen molar-refractivity contribution in [1.82, 2.24) is 9.97 Å². The number of amides is 1. The maximum absolute atomic E-state index is 12.8. The molecule has 1 atom stereocenters. The predicted molar refractivity (Wildman–Crippen MR) is 111 cm³/mol. The Labute approximate surface area is 182 Å². The van der Waals surface area contributed by atoms with E-state index in [-0.39, 0.29) is 24.4 Å². The molecule has 11 heteroatoms. The molecule has 0 radical (unpaired) electrons. The molecule has 172 valence electrons. The molecule has 1 saturated carbocycles. The van der Waals surface area contributed by atoms with Gasteiger partial charge in [-0.2, -0.15) is 13.2 Å². The summed E-state index contributed by atoms with van der Waals surface area (Å²) >= 11 is 0. The average molecular weight is 451 g/mol. The SMILES string of the molecule is Cc1nc(NC2CC(COc3cccc(C(F)(F)F)n3)C2)cc2c1NC(=O)[C@](C)(O)N2C. The first-order valence-corrected chi connectivity index (χ1v) is 10.2. The largest absolute Gasteiger partial charge is 0.477 e. The minimum absolute atomic E-state index is 0.0413. The number of aliphatic hydroxyl groups is 1. The van der Waals surface area contributed by atoms with Crippen molar-refractivity contribution >= 4 is 23.1 Å². The molecule has 0 bridgehead atoms. The van der Waals surface area contributed by atoms with E-state index in [1.165, 1.54) is 24.0 Å². The fourth-order valence-electron chi connectivity index (χ4n) is 3.82. The van der Waals surface area contributed by atoms with Gasteiger partial charge in [0.15, 0.2) is 0 Å². The molecule has 0 aromatic carbocycles. The number of fused-ring (bicyclic) bond motifs is 1. The number of likely N-dealkylation sites (N-methyl/N-ethyl adjacent to an activating group) is 1. The molecular formula is C21H24F3N5O3. The summed E-state index contributed by atoms with van der Waals surface area (Å²) in [5.41, 5.74) is -0.816. The molecule has 4 rings (SSSR count). The molecule has 2 aromatic rings. The highest BCUT2D eigenvalue weighted by Gasteiger charge is 2.41. The van der Waals surface area contributed by atoms with Gasteiger partial charge in [-0.1, -0.05) is 6.07 Å². The number of aryl methyl sites for hydroxylation is 1. The van der Waals surface area contributed by atoms with Crippen molar-refractivity contribution in [3.05, 3.63) is 35.7 Å². The van der Waals surface area contributed by atoms with Crippen LogP contribution in [-0.4, -0.2) is 46.4 Å². The Morgan fingerprint density at radius 1 is 1.34 bits per heavy atom. The van der Waals surface area contributed by atoms with Crippen LogP contribution in [0.5, 0.6) is 5.88 Å². The van der Waals surface area contributed by atoms with Gasteiger partial charge in [0.1, 0.15) is 11.5 Å². The lowest BCUT2D eigenvalue weighted by Crippen LogP contribution is -2.56. The van der Waals surface area contributed by atoms with Crippen LogP contribution in [0.2, 0.25) is 0 Å². The van der Waals surface area contributed by atoms with Gasteiger partial charge in [0, 0.05) is 25.2 Å². The number of hydrogen-bond donors (Lipinski definition) is 3. The van der Waals surface area contributed by atoms with Gasteiger partial charge >= 0.3 is 6.18 Å². The Balaban J connectivity index is 1.34. The standard InChI is InChI=1S/C21H24F3N5O3/c1-11-18-14(29(3)20(2,31)19(30)28-18)9-16(25-11)26-13-7-12(8-13)10-32-17-6-4-5-15(27-17)21(22,23)24/h4-6,9,12-13,31H,7-8,10H2,1-3H3,(H,25,26)(H,28,30)/t12?,13?,20-/m0/s1. The predicted octanol–water partition coefficient (Wildman–Crippen LogP) is 3.17. The van der Waals surface area contributed by atoms with Crippen LogP contribution in [0, 0.1) is 12.8 Å². The Hall–Kier alpha value is -3.08. The second-order valence-corrected chi connectivity index (χ2v) is 8.37. The molecule has 1 aliphatic carbocycles. The van der Waals surface area contributed by atoms with E-state index in [1.54, 1.807) is 20.0 Å². The van der Waals surface area contributed by atoms with Crippen molar-refractivity contribution in [3.8, 4) is 5.88 Å². The lowest BCUT2D eigenvalue weighted by atomic mass is 9.81. The fraction of sp³-hybridized carbons (Fsp3) is 0.476. The molecule has 2 aliphatic rings. The number of halogens is 3. The Morgan fingerprint density at radius 3 is 2.75 bits per heavy atom. The molecule has 32 heavy (non-hydrogen) atoms. The van der Waals surface area contributed by atoms with E-state index >= 15 is 0 Å². The minimum Gasteiger partial charge on any atom is -0.477 e. The van der Waals surface area contributed by atoms with Gasteiger partial charge in [-0.25, -0.2) is 9.97 Å². The van der Waals surface area contributed by atoms with Gasteiger partial charge in [0.05, 0.1) is 23.7 Å². The minimum atomic E-state index is -4.50. The second kappa shape index (κ2) is 7.80. The molecule has 1 aliphatic heterocycles. The average Bonchev–Trinajstić information content (AvgIpc) is 2.69. The molecule has 3 heterocycles. The monoisotopic (exact) mass is 451 g/mol. The number of anilines is 3. The fourth-order valence-corrected chi connectivity index (χ4v) is 3.82. The Morgan fingerprint density at radius 2 is 2.06 bits per heavy atom. The normalized spacial score (nSPS) is 25.0. The summed E-state index contributed by atoms with van der Waals surface area (Å²) in [7, 11) is 1.64. The first-order chi connectivity index (χ1) is 14.9. The second-order valence-electron chi connectivity index (χ2n) is 8.37. The quantitative estimate of drug-likeness (QED) is 0.642. The van der Waals surface area contributed by atoms with Gasteiger partial charge in [0.25, 0.3) is 5.91 Å². The topological polar surface area (TPSA) is 99.6 Å². The maximum atomic E-state index is 12.8. The van der Waals surface area contributed by atoms with Crippen LogP contribution in [0.1, 0.15) is 31.2 Å². The van der Waals surface area contributed by atoms with E-state index in [0.717, 1.165) is 18.9 Å². The van der Waals surface area contributed by atoms with Crippen molar-refractivity contribution in [1.29, 1.82) is 0 Å².